The van der Waals surface area contributed by atoms with E-state index in [-0.39, 0.29) is 30.5 Å². The second-order valence-corrected chi connectivity index (χ2v) is 7.89. The Hall–Kier alpha value is -3.98. The molecule has 0 atom stereocenters. The lowest BCUT2D eigenvalue weighted by Crippen LogP contribution is -2.28. The van der Waals surface area contributed by atoms with Gasteiger partial charge in [-0.25, -0.2) is 10.2 Å². The fourth-order valence-corrected chi connectivity index (χ4v) is 3.07. The van der Waals surface area contributed by atoms with Crippen molar-refractivity contribution in [3.63, 3.8) is 0 Å². The first-order chi connectivity index (χ1) is 16.5. The second-order valence-electron chi connectivity index (χ2n) is 6.97. The number of hydrazone groups is 1. The molecule has 0 radical (unpaired) electrons. The Morgan fingerprint density at radius 3 is 2.38 bits per heavy atom. The molecule has 0 aliphatic rings. The van der Waals surface area contributed by atoms with Gasteiger partial charge in [0.15, 0.2) is 11.5 Å². The molecule has 9 heteroatoms. The number of nitrogens with zero attached hydrogens (tertiary/aromatic N) is 1. The van der Waals surface area contributed by atoms with Crippen LogP contribution in [0, 0.1) is 0 Å². The zero-order valence-electron chi connectivity index (χ0n) is 18.3. The van der Waals surface area contributed by atoms with Crippen LogP contribution in [0.1, 0.15) is 32.7 Å². The van der Waals surface area contributed by atoms with E-state index in [0.29, 0.717) is 22.4 Å². The molecule has 0 heterocycles. The van der Waals surface area contributed by atoms with Crippen molar-refractivity contribution in [3.8, 4) is 11.5 Å². The normalized spacial score (nSPS) is 10.5. The number of ether oxygens (including phenoxy) is 2. The Morgan fingerprint density at radius 1 is 0.941 bits per heavy atom. The van der Waals surface area contributed by atoms with E-state index in [1.165, 1.54) is 13.3 Å². The van der Waals surface area contributed by atoms with Crippen molar-refractivity contribution in [3.05, 3.63) is 94.0 Å². The van der Waals surface area contributed by atoms with Gasteiger partial charge in [0.05, 0.1) is 18.9 Å². The average molecular weight is 524 g/mol. The minimum absolute atomic E-state index is 0.0736. The van der Waals surface area contributed by atoms with Crippen molar-refractivity contribution in [2.45, 2.75) is 6.42 Å². The number of benzene rings is 3. The molecule has 0 saturated carbocycles. The third-order valence-corrected chi connectivity index (χ3v) is 5.08. The van der Waals surface area contributed by atoms with Gasteiger partial charge in [0.1, 0.15) is 0 Å². The highest BCUT2D eigenvalue weighted by Crippen LogP contribution is 2.28. The van der Waals surface area contributed by atoms with E-state index < -0.39 is 5.97 Å². The molecule has 0 spiro atoms. The third kappa shape index (κ3) is 7.28. The summed E-state index contributed by atoms with van der Waals surface area (Å²) in [5.41, 5.74) is 3.96. The monoisotopic (exact) mass is 523 g/mol. The smallest absolute Gasteiger partial charge is 0.343 e. The van der Waals surface area contributed by atoms with Crippen molar-refractivity contribution < 1.29 is 23.9 Å². The number of rotatable bonds is 9. The van der Waals surface area contributed by atoms with Crippen molar-refractivity contribution >= 4 is 39.9 Å². The van der Waals surface area contributed by atoms with Gasteiger partial charge in [0.2, 0.25) is 5.91 Å². The van der Waals surface area contributed by atoms with Crippen LogP contribution in [-0.2, 0) is 4.79 Å². The van der Waals surface area contributed by atoms with Gasteiger partial charge in [0.25, 0.3) is 5.91 Å². The minimum atomic E-state index is -0.515. The van der Waals surface area contributed by atoms with Gasteiger partial charge in [-0.05, 0) is 60.2 Å². The molecule has 174 valence electrons. The third-order valence-electron chi connectivity index (χ3n) is 4.55. The van der Waals surface area contributed by atoms with E-state index in [4.69, 9.17) is 9.47 Å². The Labute approximate surface area is 205 Å². The van der Waals surface area contributed by atoms with Crippen LogP contribution in [0.2, 0.25) is 0 Å². The van der Waals surface area contributed by atoms with E-state index in [2.05, 4.69) is 31.8 Å². The molecule has 8 nitrogen and oxygen atoms in total. The maximum atomic E-state index is 12.3. The molecule has 3 rings (SSSR count). The second kappa shape index (κ2) is 12.3. The first-order valence-electron chi connectivity index (χ1n) is 10.3. The van der Waals surface area contributed by atoms with E-state index in [9.17, 15) is 14.4 Å². The lowest BCUT2D eigenvalue weighted by atomic mass is 10.2. The number of nitrogens with one attached hydrogen (secondary N) is 2. The number of methoxy groups -OCH3 is 1. The van der Waals surface area contributed by atoms with Crippen LogP contribution < -0.4 is 20.2 Å². The van der Waals surface area contributed by atoms with E-state index in [1.807, 2.05) is 6.07 Å². The molecular formula is C25H22BrN3O5. The molecule has 0 saturated heterocycles. The number of hydrogen-bond donors (Lipinski definition) is 2. The molecule has 0 bridgehead atoms. The molecule has 0 aliphatic carbocycles. The Kier molecular flexibility index (Phi) is 8.93. The van der Waals surface area contributed by atoms with Crippen molar-refractivity contribution in [2.24, 2.45) is 5.10 Å². The predicted octanol–water partition coefficient (Wildman–Crippen LogP) is 3.95. The van der Waals surface area contributed by atoms with Gasteiger partial charge in [-0.1, -0.05) is 34.1 Å². The van der Waals surface area contributed by atoms with Gasteiger partial charge in [-0.3, -0.25) is 9.59 Å². The van der Waals surface area contributed by atoms with Gasteiger partial charge < -0.3 is 14.8 Å². The van der Waals surface area contributed by atoms with Gasteiger partial charge in [0, 0.05) is 23.0 Å². The fourth-order valence-electron chi connectivity index (χ4n) is 2.81. The van der Waals surface area contributed by atoms with Crippen molar-refractivity contribution in [2.75, 3.05) is 13.7 Å². The summed E-state index contributed by atoms with van der Waals surface area (Å²) < 4.78 is 11.6. The average Bonchev–Trinajstić information content (AvgIpc) is 2.85. The summed E-state index contributed by atoms with van der Waals surface area (Å²) in [5, 5.41) is 6.59. The quantitative estimate of drug-likeness (QED) is 0.191. The molecular weight excluding hydrogens is 502 g/mol. The van der Waals surface area contributed by atoms with Crippen molar-refractivity contribution in [1.82, 2.24) is 10.7 Å². The highest BCUT2D eigenvalue weighted by atomic mass is 79.9. The number of amides is 2. The number of esters is 1. The predicted molar refractivity (Wildman–Crippen MR) is 131 cm³/mol. The highest BCUT2D eigenvalue weighted by Gasteiger charge is 2.13. The lowest BCUT2D eigenvalue weighted by Gasteiger charge is -2.10. The molecule has 0 unspecified atom stereocenters. The summed E-state index contributed by atoms with van der Waals surface area (Å²) in [6.45, 7) is 0.182. The van der Waals surface area contributed by atoms with Crippen LogP contribution in [0.3, 0.4) is 0 Å². The molecule has 0 fully saturated rings. The summed E-state index contributed by atoms with van der Waals surface area (Å²) in [4.78, 5) is 36.2. The number of carbonyl (C=O) groups excluding carboxylic acids is 3. The van der Waals surface area contributed by atoms with Gasteiger partial charge in [-0.15, -0.1) is 0 Å². The maximum Gasteiger partial charge on any atom is 0.343 e. The lowest BCUT2D eigenvalue weighted by molar-refractivity contribution is -0.120. The van der Waals surface area contributed by atoms with Crippen LogP contribution >= 0.6 is 15.9 Å². The SMILES string of the molecule is COc1cc(C=NNC(=O)CCNC(=O)c2ccccc2)ccc1OC(=O)c1ccc(Br)cc1. The largest absolute Gasteiger partial charge is 0.493 e. The van der Waals surface area contributed by atoms with Gasteiger partial charge in [-0.2, -0.15) is 5.10 Å². The van der Waals surface area contributed by atoms with E-state index in [0.717, 1.165) is 4.47 Å². The Morgan fingerprint density at radius 2 is 1.68 bits per heavy atom. The molecule has 0 aliphatic heterocycles. The topological polar surface area (TPSA) is 106 Å². The summed E-state index contributed by atoms with van der Waals surface area (Å²) in [6.07, 6.45) is 1.51. The van der Waals surface area contributed by atoms with Crippen LogP contribution in [-0.4, -0.2) is 37.7 Å². The Bertz CT molecular complexity index is 1180. The highest BCUT2D eigenvalue weighted by molar-refractivity contribution is 9.10. The van der Waals surface area contributed by atoms with Gasteiger partial charge >= 0.3 is 5.97 Å². The molecule has 0 aromatic heterocycles. The van der Waals surface area contributed by atoms with Crippen LogP contribution in [0.15, 0.2) is 82.4 Å². The molecule has 34 heavy (non-hydrogen) atoms. The first kappa shape index (κ1) is 24.7. The zero-order valence-corrected chi connectivity index (χ0v) is 19.9. The zero-order chi connectivity index (χ0) is 24.3. The van der Waals surface area contributed by atoms with Crippen LogP contribution in [0.5, 0.6) is 11.5 Å². The summed E-state index contributed by atoms with van der Waals surface area (Å²) in [6, 6.07) is 20.4. The van der Waals surface area contributed by atoms with Crippen LogP contribution in [0.4, 0.5) is 0 Å². The van der Waals surface area contributed by atoms with E-state index >= 15 is 0 Å². The summed E-state index contributed by atoms with van der Waals surface area (Å²) >= 11 is 3.32. The number of halogens is 1. The minimum Gasteiger partial charge on any atom is -0.493 e. The molecule has 2 amide bonds. The van der Waals surface area contributed by atoms with Crippen LogP contribution in [0.25, 0.3) is 0 Å². The number of carbonyl (C=O) groups is 3. The Balaban J connectivity index is 1.49. The molecule has 3 aromatic rings. The maximum absolute atomic E-state index is 12.3. The molecule has 3 aromatic carbocycles. The standard InChI is InChI=1S/C25H22BrN3O5/c1-33-22-15-17(7-12-21(22)34-25(32)19-8-10-20(26)11-9-19)16-28-29-23(30)13-14-27-24(31)18-5-3-2-4-6-18/h2-12,15-16H,13-14H2,1H3,(H,27,31)(H,29,30). The number of hydrogen-bond acceptors (Lipinski definition) is 6. The first-order valence-corrected chi connectivity index (χ1v) is 11.1. The van der Waals surface area contributed by atoms with E-state index in [1.54, 1.807) is 66.7 Å². The summed E-state index contributed by atoms with van der Waals surface area (Å²) in [5.74, 6) is -0.518. The molecule has 2 N–H and O–H groups in total. The fraction of sp³-hybridized carbons (Fsp3) is 0.120. The van der Waals surface area contributed by atoms with Crippen molar-refractivity contribution in [1.29, 1.82) is 0 Å². The summed E-state index contributed by atoms with van der Waals surface area (Å²) in [7, 11) is 1.46.